The van der Waals surface area contributed by atoms with Crippen molar-refractivity contribution in [1.82, 2.24) is 9.88 Å². The van der Waals surface area contributed by atoms with Gasteiger partial charge in [0.15, 0.2) is 0 Å². The summed E-state index contributed by atoms with van der Waals surface area (Å²) in [5.74, 6) is 0. The molecule has 1 aliphatic heterocycles. The van der Waals surface area contributed by atoms with Gasteiger partial charge in [0.05, 0.1) is 5.60 Å². The molecule has 1 amide bonds. The lowest BCUT2D eigenvalue weighted by Gasteiger charge is -2.43. The molecule has 1 aromatic rings. The number of nitrogens with zero attached hydrogens (tertiary/aromatic N) is 2. The molecule has 1 saturated heterocycles. The molecule has 0 bridgehead atoms. The van der Waals surface area contributed by atoms with E-state index in [4.69, 9.17) is 16.3 Å². The predicted octanol–water partition coefficient (Wildman–Crippen LogP) is 3.65. The SMILES string of the molecule is Cc1ccnc(Cl)c1C1(O)CCN(C(=O)OC(C)(C)C)[C@H](C)C1. The van der Waals surface area contributed by atoms with Gasteiger partial charge in [0, 0.05) is 30.8 Å². The summed E-state index contributed by atoms with van der Waals surface area (Å²) >= 11 is 6.21. The zero-order valence-corrected chi connectivity index (χ0v) is 15.1. The second-order valence-corrected chi connectivity index (χ2v) is 7.66. The molecule has 2 rings (SSSR count). The van der Waals surface area contributed by atoms with Gasteiger partial charge in [-0.1, -0.05) is 11.6 Å². The summed E-state index contributed by atoms with van der Waals surface area (Å²) in [6.07, 6.45) is 2.09. The van der Waals surface area contributed by atoms with Crippen LogP contribution in [0.15, 0.2) is 12.3 Å². The first-order valence-electron chi connectivity index (χ1n) is 7.87. The molecule has 128 valence electrons. The van der Waals surface area contributed by atoms with Crippen LogP contribution in [-0.2, 0) is 10.3 Å². The number of aromatic nitrogens is 1. The molecule has 2 heterocycles. The summed E-state index contributed by atoms with van der Waals surface area (Å²) in [6, 6.07) is 1.68. The Labute approximate surface area is 142 Å². The Morgan fingerprint density at radius 3 is 2.70 bits per heavy atom. The fourth-order valence-electron chi connectivity index (χ4n) is 3.13. The number of halogens is 1. The Hall–Kier alpha value is -1.33. The van der Waals surface area contributed by atoms with Gasteiger partial charge in [0.25, 0.3) is 0 Å². The quantitative estimate of drug-likeness (QED) is 0.793. The van der Waals surface area contributed by atoms with Crippen molar-refractivity contribution in [2.24, 2.45) is 0 Å². The number of likely N-dealkylation sites (tertiary alicyclic amines) is 1. The van der Waals surface area contributed by atoms with Crippen LogP contribution in [0.5, 0.6) is 0 Å². The summed E-state index contributed by atoms with van der Waals surface area (Å²) in [6.45, 7) is 9.76. The van der Waals surface area contributed by atoms with E-state index in [1.807, 2.05) is 40.7 Å². The van der Waals surface area contributed by atoms with E-state index in [1.54, 1.807) is 11.1 Å². The van der Waals surface area contributed by atoms with E-state index in [-0.39, 0.29) is 12.1 Å². The van der Waals surface area contributed by atoms with Crippen LogP contribution in [0.3, 0.4) is 0 Å². The third-order valence-corrected chi connectivity index (χ3v) is 4.42. The number of amides is 1. The average Bonchev–Trinajstić information content (AvgIpc) is 2.35. The largest absolute Gasteiger partial charge is 0.444 e. The highest BCUT2D eigenvalue weighted by atomic mass is 35.5. The summed E-state index contributed by atoms with van der Waals surface area (Å²) in [7, 11) is 0. The molecule has 1 unspecified atom stereocenters. The van der Waals surface area contributed by atoms with Crippen LogP contribution in [0.1, 0.15) is 51.7 Å². The maximum atomic E-state index is 12.3. The highest BCUT2D eigenvalue weighted by molar-refractivity contribution is 6.30. The number of hydrogen-bond acceptors (Lipinski definition) is 4. The minimum absolute atomic E-state index is 0.153. The number of aliphatic hydroxyl groups is 1. The zero-order chi connectivity index (χ0) is 17.4. The fourth-order valence-corrected chi connectivity index (χ4v) is 3.51. The van der Waals surface area contributed by atoms with Crippen molar-refractivity contribution in [1.29, 1.82) is 0 Å². The van der Waals surface area contributed by atoms with Gasteiger partial charge in [-0.15, -0.1) is 0 Å². The number of carbonyl (C=O) groups excluding carboxylic acids is 1. The minimum Gasteiger partial charge on any atom is -0.444 e. The first-order valence-corrected chi connectivity index (χ1v) is 8.25. The fraction of sp³-hybridized carbons (Fsp3) is 0.647. The third-order valence-electron chi connectivity index (χ3n) is 4.14. The number of ether oxygens (including phenoxy) is 1. The normalized spacial score (nSPS) is 25.3. The van der Waals surface area contributed by atoms with E-state index < -0.39 is 11.2 Å². The van der Waals surface area contributed by atoms with Crippen molar-refractivity contribution in [3.05, 3.63) is 28.5 Å². The van der Waals surface area contributed by atoms with Crippen molar-refractivity contribution < 1.29 is 14.6 Å². The van der Waals surface area contributed by atoms with Gasteiger partial charge in [0.2, 0.25) is 0 Å². The lowest BCUT2D eigenvalue weighted by atomic mass is 9.80. The lowest BCUT2D eigenvalue weighted by molar-refractivity contribution is -0.0550. The molecule has 0 aromatic carbocycles. The Kier molecular flexibility index (Phi) is 4.92. The van der Waals surface area contributed by atoms with Crippen LogP contribution in [0.2, 0.25) is 5.15 Å². The van der Waals surface area contributed by atoms with E-state index in [1.165, 1.54) is 0 Å². The zero-order valence-electron chi connectivity index (χ0n) is 14.4. The molecular formula is C17H25ClN2O3. The molecule has 0 saturated carbocycles. The first-order chi connectivity index (χ1) is 10.5. The number of rotatable bonds is 1. The number of carbonyl (C=O) groups is 1. The van der Waals surface area contributed by atoms with Gasteiger partial charge in [-0.25, -0.2) is 9.78 Å². The molecule has 1 aromatic heterocycles. The van der Waals surface area contributed by atoms with Crippen LogP contribution in [0, 0.1) is 6.92 Å². The highest BCUT2D eigenvalue weighted by Crippen LogP contribution is 2.40. The molecule has 0 radical (unpaired) electrons. The molecule has 5 nitrogen and oxygen atoms in total. The summed E-state index contributed by atoms with van der Waals surface area (Å²) < 4.78 is 5.44. The van der Waals surface area contributed by atoms with Crippen molar-refractivity contribution in [2.45, 2.75) is 64.7 Å². The second-order valence-electron chi connectivity index (χ2n) is 7.30. The van der Waals surface area contributed by atoms with Gasteiger partial charge < -0.3 is 14.7 Å². The molecular weight excluding hydrogens is 316 g/mol. The molecule has 1 N–H and O–H groups in total. The van der Waals surface area contributed by atoms with Crippen LogP contribution in [0.25, 0.3) is 0 Å². The molecule has 0 aliphatic carbocycles. The molecule has 1 aliphatic rings. The maximum absolute atomic E-state index is 12.3. The smallest absolute Gasteiger partial charge is 0.410 e. The predicted molar refractivity (Wildman–Crippen MR) is 89.5 cm³/mol. The summed E-state index contributed by atoms with van der Waals surface area (Å²) in [5, 5.41) is 11.4. The van der Waals surface area contributed by atoms with Crippen molar-refractivity contribution >= 4 is 17.7 Å². The monoisotopic (exact) mass is 340 g/mol. The van der Waals surface area contributed by atoms with Gasteiger partial charge in [-0.3, -0.25) is 0 Å². The van der Waals surface area contributed by atoms with Crippen LogP contribution in [0.4, 0.5) is 4.79 Å². The number of pyridine rings is 1. The number of aryl methyl sites for hydroxylation is 1. The summed E-state index contributed by atoms with van der Waals surface area (Å²) in [5.41, 5.74) is -0.0380. The number of piperidine rings is 1. The Morgan fingerprint density at radius 2 is 2.17 bits per heavy atom. The molecule has 2 atom stereocenters. The summed E-state index contributed by atoms with van der Waals surface area (Å²) in [4.78, 5) is 18.0. The molecule has 6 heteroatoms. The van der Waals surface area contributed by atoms with Gasteiger partial charge in [0.1, 0.15) is 10.8 Å². The van der Waals surface area contributed by atoms with Crippen LogP contribution < -0.4 is 0 Å². The van der Waals surface area contributed by atoms with E-state index in [9.17, 15) is 9.90 Å². The van der Waals surface area contributed by atoms with Crippen LogP contribution in [-0.4, -0.2) is 39.3 Å². The highest BCUT2D eigenvalue weighted by Gasteiger charge is 2.42. The van der Waals surface area contributed by atoms with E-state index in [0.717, 1.165) is 5.56 Å². The molecule has 23 heavy (non-hydrogen) atoms. The topological polar surface area (TPSA) is 62.7 Å². The van der Waals surface area contributed by atoms with E-state index >= 15 is 0 Å². The Balaban J connectivity index is 2.19. The molecule has 0 spiro atoms. The Morgan fingerprint density at radius 1 is 1.52 bits per heavy atom. The second kappa shape index (κ2) is 6.29. The number of hydrogen-bond donors (Lipinski definition) is 1. The maximum Gasteiger partial charge on any atom is 0.410 e. The van der Waals surface area contributed by atoms with Crippen molar-refractivity contribution in [3.63, 3.8) is 0 Å². The van der Waals surface area contributed by atoms with E-state index in [0.29, 0.717) is 30.1 Å². The van der Waals surface area contributed by atoms with Gasteiger partial charge >= 0.3 is 6.09 Å². The first kappa shape index (κ1) is 18.0. The minimum atomic E-state index is -1.08. The van der Waals surface area contributed by atoms with Crippen molar-refractivity contribution in [2.75, 3.05) is 6.54 Å². The standard InChI is InChI=1S/C17H25ClN2O3/c1-11-6-8-19-14(18)13(11)17(22)7-9-20(12(2)10-17)15(21)23-16(3,4)5/h6,8,12,22H,7,9-10H2,1-5H3/t12-,17?/m1/s1. The van der Waals surface area contributed by atoms with Gasteiger partial charge in [-0.05, 0) is 52.7 Å². The lowest BCUT2D eigenvalue weighted by Crippen LogP contribution is -2.51. The molecule has 1 fully saturated rings. The Bertz CT molecular complexity index is 580. The van der Waals surface area contributed by atoms with Crippen molar-refractivity contribution in [3.8, 4) is 0 Å². The van der Waals surface area contributed by atoms with Gasteiger partial charge in [-0.2, -0.15) is 0 Å². The van der Waals surface area contributed by atoms with E-state index in [2.05, 4.69) is 4.98 Å². The van der Waals surface area contributed by atoms with Crippen LogP contribution >= 0.6 is 11.6 Å². The average molecular weight is 341 g/mol. The third kappa shape index (κ3) is 3.96.